The van der Waals surface area contributed by atoms with Gasteiger partial charge in [-0.3, -0.25) is 0 Å². The van der Waals surface area contributed by atoms with Gasteiger partial charge in [-0.25, -0.2) is 0 Å². The maximum atomic E-state index is 10.0. The average Bonchev–Trinajstić information content (AvgIpc) is 2.93. The Labute approximate surface area is 101 Å². The standard InChI is InChI=1S/C14H18O3/c1-14(6-7-14)13(15)5-3-10-2-4-11-12(8-10)17-9-16-11/h2,4,8,13,15H,3,5-7,9H2,1H3/t13-/m1/s1. The summed E-state index contributed by atoms with van der Waals surface area (Å²) in [6.45, 7) is 2.48. The molecule has 1 N–H and O–H groups in total. The van der Waals surface area contributed by atoms with Crippen molar-refractivity contribution >= 4 is 0 Å². The van der Waals surface area contributed by atoms with Gasteiger partial charge in [-0.15, -0.1) is 0 Å². The van der Waals surface area contributed by atoms with Crippen molar-refractivity contribution in [1.29, 1.82) is 0 Å². The second kappa shape index (κ2) is 3.91. The van der Waals surface area contributed by atoms with Gasteiger partial charge in [0.15, 0.2) is 11.5 Å². The molecule has 1 aliphatic carbocycles. The Kier molecular flexibility index (Phi) is 2.51. The molecule has 1 saturated carbocycles. The first-order chi connectivity index (χ1) is 8.17. The van der Waals surface area contributed by atoms with Gasteiger partial charge >= 0.3 is 0 Å². The fourth-order valence-electron chi connectivity index (χ4n) is 2.28. The molecule has 0 unspecified atom stereocenters. The number of ether oxygens (including phenoxy) is 2. The Morgan fingerprint density at radius 1 is 1.29 bits per heavy atom. The second-order valence-electron chi connectivity index (χ2n) is 5.40. The first-order valence-corrected chi connectivity index (χ1v) is 6.24. The van der Waals surface area contributed by atoms with E-state index in [2.05, 4.69) is 13.0 Å². The predicted molar refractivity (Wildman–Crippen MR) is 64.2 cm³/mol. The van der Waals surface area contributed by atoms with E-state index >= 15 is 0 Å². The lowest BCUT2D eigenvalue weighted by Gasteiger charge is -2.17. The number of aryl methyl sites for hydroxylation is 1. The molecule has 1 heterocycles. The van der Waals surface area contributed by atoms with Crippen molar-refractivity contribution in [2.24, 2.45) is 5.41 Å². The first-order valence-electron chi connectivity index (χ1n) is 6.24. The highest BCUT2D eigenvalue weighted by Gasteiger charge is 2.43. The number of hydrogen-bond acceptors (Lipinski definition) is 3. The molecule has 0 saturated heterocycles. The molecule has 0 amide bonds. The van der Waals surface area contributed by atoms with Crippen LogP contribution in [0.25, 0.3) is 0 Å². The molecule has 3 heteroatoms. The van der Waals surface area contributed by atoms with Gasteiger partial charge in [0.05, 0.1) is 6.10 Å². The Bertz CT molecular complexity index is 423. The largest absolute Gasteiger partial charge is 0.454 e. The van der Waals surface area contributed by atoms with Crippen molar-refractivity contribution in [3.63, 3.8) is 0 Å². The van der Waals surface area contributed by atoms with Crippen LogP contribution in [0.15, 0.2) is 18.2 Å². The van der Waals surface area contributed by atoms with Crippen LogP contribution < -0.4 is 9.47 Å². The van der Waals surface area contributed by atoms with Crippen LogP contribution in [0.1, 0.15) is 31.7 Å². The molecule has 1 aromatic carbocycles. The molecule has 1 atom stereocenters. The van der Waals surface area contributed by atoms with E-state index in [9.17, 15) is 5.11 Å². The molecule has 17 heavy (non-hydrogen) atoms. The number of hydrogen-bond donors (Lipinski definition) is 1. The smallest absolute Gasteiger partial charge is 0.231 e. The second-order valence-corrected chi connectivity index (χ2v) is 5.40. The van der Waals surface area contributed by atoms with Crippen LogP contribution in [0.3, 0.4) is 0 Å². The zero-order valence-corrected chi connectivity index (χ0v) is 10.1. The summed E-state index contributed by atoms with van der Waals surface area (Å²) in [5.41, 5.74) is 1.40. The minimum atomic E-state index is -0.173. The van der Waals surface area contributed by atoms with Crippen LogP contribution in [0.4, 0.5) is 0 Å². The molecule has 1 aliphatic heterocycles. The normalized spacial score (nSPS) is 21.3. The van der Waals surface area contributed by atoms with Crippen LogP contribution in [0, 0.1) is 5.41 Å². The topological polar surface area (TPSA) is 38.7 Å². The molecule has 2 aliphatic rings. The number of rotatable bonds is 4. The monoisotopic (exact) mass is 234 g/mol. The van der Waals surface area contributed by atoms with Gasteiger partial charge in [0.2, 0.25) is 6.79 Å². The summed E-state index contributed by atoms with van der Waals surface area (Å²) >= 11 is 0. The van der Waals surface area contributed by atoms with Crippen molar-refractivity contribution in [2.45, 2.75) is 38.7 Å². The number of aliphatic hydroxyl groups is 1. The lowest BCUT2D eigenvalue weighted by molar-refractivity contribution is 0.0945. The van der Waals surface area contributed by atoms with Gasteiger partial charge in [0, 0.05) is 0 Å². The molecule has 0 aromatic heterocycles. The van der Waals surface area contributed by atoms with Gasteiger partial charge in [0.25, 0.3) is 0 Å². The summed E-state index contributed by atoms with van der Waals surface area (Å²) in [6.07, 6.45) is 3.88. The third kappa shape index (κ3) is 2.12. The van der Waals surface area contributed by atoms with Crippen molar-refractivity contribution in [3.8, 4) is 11.5 Å². The molecular formula is C14H18O3. The minimum Gasteiger partial charge on any atom is -0.454 e. The van der Waals surface area contributed by atoms with Crippen molar-refractivity contribution in [3.05, 3.63) is 23.8 Å². The lowest BCUT2D eigenvalue weighted by Crippen LogP contribution is -2.19. The summed E-state index contributed by atoms with van der Waals surface area (Å²) in [5, 5.41) is 10.0. The van der Waals surface area contributed by atoms with Gasteiger partial charge in [-0.05, 0) is 48.8 Å². The molecule has 0 radical (unpaired) electrons. The predicted octanol–water partition coefficient (Wildman–Crippen LogP) is 2.51. The molecule has 0 spiro atoms. The van der Waals surface area contributed by atoms with E-state index < -0.39 is 0 Å². The molecule has 1 fully saturated rings. The summed E-state index contributed by atoms with van der Waals surface area (Å²) in [7, 11) is 0. The fourth-order valence-corrected chi connectivity index (χ4v) is 2.28. The molecular weight excluding hydrogens is 216 g/mol. The molecule has 3 rings (SSSR count). The summed E-state index contributed by atoms with van der Waals surface area (Å²) < 4.78 is 10.6. The first kappa shape index (κ1) is 10.9. The highest BCUT2D eigenvalue weighted by Crippen LogP contribution is 2.49. The number of benzene rings is 1. The highest BCUT2D eigenvalue weighted by atomic mass is 16.7. The van der Waals surface area contributed by atoms with E-state index in [1.165, 1.54) is 5.56 Å². The van der Waals surface area contributed by atoms with Crippen molar-refractivity contribution < 1.29 is 14.6 Å². The maximum Gasteiger partial charge on any atom is 0.231 e. The van der Waals surface area contributed by atoms with Crippen molar-refractivity contribution in [1.82, 2.24) is 0 Å². The van der Waals surface area contributed by atoms with Crippen LogP contribution in [0.5, 0.6) is 11.5 Å². The van der Waals surface area contributed by atoms with E-state index in [-0.39, 0.29) is 11.5 Å². The van der Waals surface area contributed by atoms with E-state index in [0.717, 1.165) is 37.2 Å². The Morgan fingerprint density at radius 3 is 2.82 bits per heavy atom. The zero-order chi connectivity index (χ0) is 11.9. The summed E-state index contributed by atoms with van der Waals surface area (Å²) in [5.74, 6) is 1.65. The van der Waals surface area contributed by atoms with Crippen molar-refractivity contribution in [2.75, 3.05) is 6.79 Å². The Morgan fingerprint density at radius 2 is 2.06 bits per heavy atom. The van der Waals surface area contributed by atoms with E-state index in [1.807, 2.05) is 12.1 Å². The van der Waals surface area contributed by atoms with Gasteiger partial charge in [-0.2, -0.15) is 0 Å². The SMILES string of the molecule is CC1([C@H](O)CCc2ccc3c(c2)OCO3)CC1. The molecule has 3 nitrogen and oxygen atoms in total. The average molecular weight is 234 g/mol. The van der Waals surface area contributed by atoms with Gasteiger partial charge in [0.1, 0.15) is 0 Å². The number of aliphatic hydroxyl groups excluding tert-OH is 1. The lowest BCUT2D eigenvalue weighted by atomic mass is 9.95. The zero-order valence-electron chi connectivity index (χ0n) is 10.1. The van der Waals surface area contributed by atoms with Crippen LogP contribution in [-0.4, -0.2) is 18.0 Å². The van der Waals surface area contributed by atoms with Crippen LogP contribution in [-0.2, 0) is 6.42 Å². The highest BCUT2D eigenvalue weighted by molar-refractivity contribution is 5.44. The minimum absolute atomic E-state index is 0.173. The Hall–Kier alpha value is -1.22. The molecule has 0 bridgehead atoms. The summed E-state index contributed by atoms with van der Waals surface area (Å²) in [4.78, 5) is 0. The number of fused-ring (bicyclic) bond motifs is 1. The molecule has 1 aromatic rings. The van der Waals surface area contributed by atoms with E-state index in [1.54, 1.807) is 0 Å². The third-order valence-corrected chi connectivity index (χ3v) is 3.99. The fraction of sp³-hybridized carbons (Fsp3) is 0.571. The Balaban J connectivity index is 1.61. The van der Waals surface area contributed by atoms with Crippen LogP contribution >= 0.6 is 0 Å². The van der Waals surface area contributed by atoms with E-state index in [4.69, 9.17) is 9.47 Å². The summed E-state index contributed by atoms with van der Waals surface area (Å²) in [6, 6.07) is 6.02. The third-order valence-electron chi connectivity index (χ3n) is 3.99. The van der Waals surface area contributed by atoms with Gasteiger partial charge < -0.3 is 14.6 Å². The van der Waals surface area contributed by atoms with E-state index in [0.29, 0.717) is 6.79 Å². The quantitative estimate of drug-likeness (QED) is 0.870. The van der Waals surface area contributed by atoms with Crippen LogP contribution in [0.2, 0.25) is 0 Å². The van der Waals surface area contributed by atoms with Gasteiger partial charge in [-0.1, -0.05) is 13.0 Å². The molecule has 92 valence electrons. The maximum absolute atomic E-state index is 10.0.